The van der Waals surface area contributed by atoms with Crippen molar-refractivity contribution in [2.75, 3.05) is 20.3 Å². The van der Waals surface area contributed by atoms with Crippen LogP contribution in [0.3, 0.4) is 0 Å². The molecule has 3 N–H and O–H groups in total. The number of carbonyl (C=O) groups excluding carboxylic acids is 4. The molecule has 0 radical (unpaired) electrons. The predicted molar refractivity (Wildman–Crippen MR) is 165 cm³/mol. The van der Waals surface area contributed by atoms with Crippen LogP contribution in [0.5, 0.6) is 0 Å². The van der Waals surface area contributed by atoms with Gasteiger partial charge >= 0.3 is 12.1 Å². The van der Waals surface area contributed by atoms with Crippen LogP contribution in [0.2, 0.25) is 18.1 Å². The summed E-state index contributed by atoms with van der Waals surface area (Å²) in [7, 11) is -0.875. The van der Waals surface area contributed by atoms with E-state index in [0.717, 1.165) is 11.1 Å². The zero-order valence-electron chi connectivity index (χ0n) is 26.0. The number of nitrogens with zero attached hydrogens (tertiary/aromatic N) is 1. The number of nitrogens with one attached hydrogen (secondary N) is 3. The van der Waals surface area contributed by atoms with Crippen LogP contribution in [0.1, 0.15) is 64.0 Å². The maximum atomic E-state index is 12.9. The first-order valence-electron chi connectivity index (χ1n) is 13.7. The zero-order valence-corrected chi connectivity index (χ0v) is 27.8. The SMILES string of the molecule is COC(=O)[C@H](CO[Si](C)(C)C(C)(C)C)NC(=O)c1csc(-c2ccc(CNC(=O)CCNC(=O)OC(C)(C)C)cc2)n1. The molecule has 2 rings (SSSR count). The molecule has 13 heteroatoms. The molecular weight excluding hydrogens is 576 g/mol. The normalized spacial score (nSPS) is 12.7. The van der Waals surface area contributed by atoms with E-state index in [2.05, 4.69) is 54.8 Å². The summed E-state index contributed by atoms with van der Waals surface area (Å²) in [5.74, 6) is -1.28. The molecular formula is C29H44N4O7SSi. The number of thiazole rings is 1. The van der Waals surface area contributed by atoms with E-state index in [9.17, 15) is 19.2 Å². The number of rotatable bonds is 12. The van der Waals surface area contributed by atoms with E-state index in [1.165, 1.54) is 18.4 Å². The third-order valence-electron chi connectivity index (χ3n) is 6.66. The maximum absolute atomic E-state index is 12.9. The fraction of sp³-hybridized carbons (Fsp3) is 0.552. The fourth-order valence-corrected chi connectivity index (χ4v) is 5.03. The monoisotopic (exact) mass is 620 g/mol. The average Bonchev–Trinajstić information content (AvgIpc) is 3.38. The summed E-state index contributed by atoms with van der Waals surface area (Å²) in [6.45, 7) is 16.2. The summed E-state index contributed by atoms with van der Waals surface area (Å²) in [4.78, 5) is 53.5. The van der Waals surface area contributed by atoms with E-state index in [1.54, 1.807) is 26.2 Å². The van der Waals surface area contributed by atoms with Gasteiger partial charge in [-0.15, -0.1) is 11.3 Å². The second kappa shape index (κ2) is 14.7. The highest BCUT2D eigenvalue weighted by molar-refractivity contribution is 7.13. The molecule has 42 heavy (non-hydrogen) atoms. The molecule has 0 aliphatic heterocycles. The summed E-state index contributed by atoms with van der Waals surface area (Å²) in [5, 5.41) is 10.3. The molecule has 0 fully saturated rings. The van der Waals surface area contributed by atoms with E-state index < -0.39 is 37.9 Å². The topological polar surface area (TPSA) is 145 Å². The number of carbonyl (C=O) groups is 4. The molecule has 0 aliphatic rings. The minimum atomic E-state index is -2.15. The molecule has 3 amide bonds. The molecule has 0 saturated carbocycles. The third-order valence-corrected chi connectivity index (χ3v) is 12.0. The Bertz CT molecular complexity index is 1230. The smallest absolute Gasteiger partial charge is 0.407 e. The summed E-state index contributed by atoms with van der Waals surface area (Å²) >= 11 is 1.30. The van der Waals surface area contributed by atoms with E-state index in [-0.39, 0.29) is 36.2 Å². The first-order valence-corrected chi connectivity index (χ1v) is 17.5. The number of benzene rings is 1. The first kappa shape index (κ1) is 34.9. The Morgan fingerprint density at radius 2 is 1.64 bits per heavy atom. The van der Waals surface area contributed by atoms with Crippen LogP contribution >= 0.6 is 11.3 Å². The molecule has 1 atom stereocenters. The van der Waals surface area contributed by atoms with Gasteiger partial charge in [0.2, 0.25) is 5.91 Å². The number of methoxy groups -OCH3 is 1. The predicted octanol–water partition coefficient (Wildman–Crippen LogP) is 4.63. The standard InChI is InChI=1S/C29H44N4O7SSi/c1-28(2,3)40-27(37)30-15-14-23(34)31-16-19-10-12-20(13-11-19)25-33-22(18-41-25)24(35)32-21(26(36)38-7)17-39-42(8,9)29(4,5)6/h10-13,18,21H,14-17H2,1-9H3,(H,30,37)(H,31,34)(H,32,35)/t21-/m0/s1. The number of alkyl carbamates (subject to hydrolysis) is 1. The summed E-state index contributed by atoms with van der Waals surface area (Å²) in [6, 6.07) is 6.49. The lowest BCUT2D eigenvalue weighted by molar-refractivity contribution is -0.143. The van der Waals surface area contributed by atoms with Gasteiger partial charge in [-0.25, -0.2) is 14.6 Å². The highest BCUT2D eigenvalue weighted by atomic mass is 32.1. The van der Waals surface area contributed by atoms with Crippen molar-refractivity contribution >= 4 is 43.5 Å². The van der Waals surface area contributed by atoms with E-state index in [4.69, 9.17) is 13.9 Å². The van der Waals surface area contributed by atoms with Gasteiger partial charge in [0.05, 0.1) is 13.7 Å². The van der Waals surface area contributed by atoms with E-state index >= 15 is 0 Å². The van der Waals surface area contributed by atoms with Gasteiger partial charge < -0.3 is 29.9 Å². The quantitative estimate of drug-likeness (QED) is 0.230. The van der Waals surface area contributed by atoms with Crippen molar-refractivity contribution in [1.29, 1.82) is 0 Å². The lowest BCUT2D eigenvalue weighted by Crippen LogP contribution is -2.49. The number of hydrogen-bond donors (Lipinski definition) is 3. The molecule has 232 valence electrons. The number of amides is 3. The van der Waals surface area contributed by atoms with Gasteiger partial charge in [0, 0.05) is 30.5 Å². The average molecular weight is 621 g/mol. The van der Waals surface area contributed by atoms with Crippen LogP contribution in [0.25, 0.3) is 10.6 Å². The Kier molecular flexibility index (Phi) is 12.3. The van der Waals surface area contributed by atoms with E-state index in [0.29, 0.717) is 11.6 Å². The minimum absolute atomic E-state index is 0.0180. The maximum Gasteiger partial charge on any atom is 0.407 e. The van der Waals surface area contributed by atoms with Crippen LogP contribution in [0.15, 0.2) is 29.6 Å². The number of ether oxygens (including phenoxy) is 2. The van der Waals surface area contributed by atoms with Gasteiger partial charge in [0.15, 0.2) is 8.32 Å². The van der Waals surface area contributed by atoms with Crippen LogP contribution in [0, 0.1) is 0 Å². The Hall–Kier alpha value is -3.29. The van der Waals surface area contributed by atoms with Crippen LogP contribution in [-0.4, -0.2) is 69.1 Å². The highest BCUT2D eigenvalue weighted by Crippen LogP contribution is 2.36. The van der Waals surface area contributed by atoms with Gasteiger partial charge in [-0.05, 0) is 44.5 Å². The summed E-state index contributed by atoms with van der Waals surface area (Å²) in [6.07, 6.45) is -0.437. The lowest BCUT2D eigenvalue weighted by Gasteiger charge is -2.37. The number of aromatic nitrogens is 1. The second-order valence-corrected chi connectivity index (χ2v) is 18.0. The Morgan fingerprint density at radius 3 is 2.21 bits per heavy atom. The minimum Gasteiger partial charge on any atom is -0.467 e. The Morgan fingerprint density at radius 1 is 1.00 bits per heavy atom. The van der Waals surface area contributed by atoms with E-state index in [1.807, 2.05) is 24.3 Å². The van der Waals surface area contributed by atoms with Crippen molar-refractivity contribution in [1.82, 2.24) is 20.9 Å². The van der Waals surface area contributed by atoms with Crippen LogP contribution < -0.4 is 16.0 Å². The van der Waals surface area contributed by atoms with Crippen molar-refractivity contribution < 1.29 is 33.1 Å². The molecule has 0 unspecified atom stereocenters. The van der Waals surface area contributed by atoms with Crippen molar-refractivity contribution in [3.63, 3.8) is 0 Å². The van der Waals surface area contributed by atoms with Crippen molar-refractivity contribution in [2.45, 2.75) is 84.3 Å². The molecule has 0 saturated heterocycles. The van der Waals surface area contributed by atoms with Crippen molar-refractivity contribution in [3.8, 4) is 10.6 Å². The molecule has 11 nitrogen and oxygen atoms in total. The lowest BCUT2D eigenvalue weighted by atomic mass is 10.1. The highest BCUT2D eigenvalue weighted by Gasteiger charge is 2.38. The van der Waals surface area contributed by atoms with Gasteiger partial charge in [0.1, 0.15) is 22.3 Å². The number of esters is 1. The molecule has 1 aromatic carbocycles. The summed E-state index contributed by atoms with van der Waals surface area (Å²) < 4.78 is 16.2. The third kappa shape index (κ3) is 11.2. The Balaban J connectivity index is 1.91. The molecule has 1 heterocycles. The Labute approximate surface area is 253 Å². The van der Waals surface area contributed by atoms with Gasteiger partial charge in [-0.2, -0.15) is 0 Å². The fourth-order valence-electron chi connectivity index (χ4n) is 3.21. The summed E-state index contributed by atoms with van der Waals surface area (Å²) in [5.41, 5.74) is 1.27. The first-order chi connectivity index (χ1) is 19.4. The largest absolute Gasteiger partial charge is 0.467 e. The molecule has 0 bridgehead atoms. The molecule has 1 aromatic heterocycles. The van der Waals surface area contributed by atoms with Gasteiger partial charge in [-0.1, -0.05) is 45.0 Å². The van der Waals surface area contributed by atoms with Crippen molar-refractivity contribution in [3.05, 3.63) is 40.9 Å². The zero-order chi connectivity index (χ0) is 31.7. The molecule has 2 aromatic rings. The molecule has 0 spiro atoms. The van der Waals surface area contributed by atoms with Crippen LogP contribution in [0.4, 0.5) is 4.79 Å². The van der Waals surface area contributed by atoms with Gasteiger partial charge in [0.25, 0.3) is 5.91 Å². The van der Waals surface area contributed by atoms with Gasteiger partial charge in [-0.3, -0.25) is 9.59 Å². The van der Waals surface area contributed by atoms with Crippen LogP contribution in [-0.2, 0) is 30.0 Å². The molecule has 0 aliphatic carbocycles. The number of hydrogen-bond acceptors (Lipinski definition) is 9. The second-order valence-electron chi connectivity index (χ2n) is 12.3. The van der Waals surface area contributed by atoms with Crippen molar-refractivity contribution in [2.24, 2.45) is 0 Å².